The zero-order valence-electron chi connectivity index (χ0n) is 14.4. The summed E-state index contributed by atoms with van der Waals surface area (Å²) in [6.07, 6.45) is 6.71. The van der Waals surface area contributed by atoms with Crippen molar-refractivity contribution in [3.8, 4) is 5.75 Å². The van der Waals surface area contributed by atoms with E-state index in [1.807, 2.05) is 31.2 Å². The van der Waals surface area contributed by atoms with Crippen molar-refractivity contribution in [3.63, 3.8) is 0 Å². The number of ether oxygens (including phenoxy) is 2. The summed E-state index contributed by atoms with van der Waals surface area (Å²) < 4.78 is 11.5. The zero-order chi connectivity index (χ0) is 16.5. The highest BCUT2D eigenvalue weighted by molar-refractivity contribution is 5.94. The van der Waals surface area contributed by atoms with Crippen LogP contribution >= 0.6 is 0 Å². The van der Waals surface area contributed by atoms with E-state index in [0.29, 0.717) is 30.1 Å². The molecule has 0 unspecified atom stereocenters. The predicted molar refractivity (Wildman–Crippen MR) is 92.2 cm³/mol. The van der Waals surface area contributed by atoms with E-state index >= 15 is 0 Å². The average Bonchev–Trinajstić information content (AvgIpc) is 3.24. The van der Waals surface area contributed by atoms with Crippen molar-refractivity contribution in [2.75, 3.05) is 13.2 Å². The summed E-state index contributed by atoms with van der Waals surface area (Å²) in [5.74, 6) is 2.53. The van der Waals surface area contributed by atoms with Gasteiger partial charge in [0.2, 0.25) is 0 Å². The van der Waals surface area contributed by atoms with E-state index in [9.17, 15) is 4.79 Å². The highest BCUT2D eigenvalue weighted by Gasteiger charge is 2.57. The van der Waals surface area contributed by atoms with Gasteiger partial charge in [-0.1, -0.05) is 31.7 Å². The van der Waals surface area contributed by atoms with Crippen molar-refractivity contribution in [2.24, 2.45) is 17.8 Å². The molecule has 1 heterocycles. The van der Waals surface area contributed by atoms with Crippen LogP contribution in [0.2, 0.25) is 0 Å². The minimum Gasteiger partial charge on any atom is -0.494 e. The first-order valence-corrected chi connectivity index (χ1v) is 9.43. The number of benzene rings is 1. The van der Waals surface area contributed by atoms with Crippen LogP contribution in [0.1, 0.15) is 49.4 Å². The van der Waals surface area contributed by atoms with Crippen molar-refractivity contribution in [2.45, 2.75) is 51.2 Å². The van der Waals surface area contributed by atoms with E-state index in [0.717, 1.165) is 24.7 Å². The van der Waals surface area contributed by atoms with Crippen LogP contribution in [-0.2, 0) is 4.74 Å². The summed E-state index contributed by atoms with van der Waals surface area (Å²) in [7, 11) is 0. The second-order valence-corrected chi connectivity index (χ2v) is 7.37. The summed E-state index contributed by atoms with van der Waals surface area (Å²) in [4.78, 5) is 12.7. The van der Waals surface area contributed by atoms with E-state index in [4.69, 9.17) is 9.47 Å². The highest BCUT2D eigenvalue weighted by atomic mass is 16.5. The molecule has 4 rings (SSSR count). The van der Waals surface area contributed by atoms with Gasteiger partial charge in [0.1, 0.15) is 5.75 Å². The summed E-state index contributed by atoms with van der Waals surface area (Å²) in [6.45, 7) is 3.41. The fraction of sp³-hybridized carbons (Fsp3) is 0.650. The summed E-state index contributed by atoms with van der Waals surface area (Å²) in [5.41, 5.74) is 0.688. The molecule has 2 aliphatic carbocycles. The highest BCUT2D eigenvalue weighted by Crippen LogP contribution is 2.51. The lowest BCUT2D eigenvalue weighted by Crippen LogP contribution is -2.63. The van der Waals surface area contributed by atoms with Gasteiger partial charge in [0.15, 0.2) is 0 Å². The first-order chi connectivity index (χ1) is 11.8. The number of carbonyl (C=O) groups excluding carboxylic acids is 1. The third-order valence-corrected chi connectivity index (χ3v) is 6.09. The van der Waals surface area contributed by atoms with Gasteiger partial charge in [-0.2, -0.15) is 0 Å². The van der Waals surface area contributed by atoms with Crippen molar-refractivity contribution in [1.82, 2.24) is 5.32 Å². The van der Waals surface area contributed by atoms with Gasteiger partial charge in [-0.05, 0) is 37.5 Å². The monoisotopic (exact) mass is 329 g/mol. The van der Waals surface area contributed by atoms with E-state index in [-0.39, 0.29) is 11.9 Å². The van der Waals surface area contributed by atoms with Crippen LogP contribution in [-0.4, -0.2) is 31.3 Å². The number of rotatable bonds is 5. The molecule has 1 N–H and O–H groups in total. The minimum absolute atomic E-state index is 0.0231. The molecule has 0 spiro atoms. The zero-order valence-corrected chi connectivity index (χ0v) is 14.4. The number of carbonyl (C=O) groups is 1. The molecule has 4 heteroatoms. The fourth-order valence-electron chi connectivity index (χ4n) is 4.99. The van der Waals surface area contributed by atoms with E-state index in [2.05, 4.69) is 5.32 Å². The van der Waals surface area contributed by atoms with Crippen molar-refractivity contribution in [1.29, 1.82) is 0 Å². The Morgan fingerprint density at radius 3 is 2.92 bits per heavy atom. The lowest BCUT2D eigenvalue weighted by Gasteiger charge is -2.50. The van der Waals surface area contributed by atoms with Crippen molar-refractivity contribution < 1.29 is 14.3 Å². The maximum Gasteiger partial charge on any atom is 0.251 e. The minimum atomic E-state index is 0.0231. The number of fused-ring (bicyclic) bond motifs is 1. The Morgan fingerprint density at radius 1 is 1.29 bits per heavy atom. The van der Waals surface area contributed by atoms with Crippen LogP contribution in [0.5, 0.6) is 5.75 Å². The molecule has 3 fully saturated rings. The molecule has 0 radical (unpaired) electrons. The largest absolute Gasteiger partial charge is 0.494 e. The number of hydrogen-bond donors (Lipinski definition) is 1. The second kappa shape index (κ2) is 6.75. The molecule has 1 amide bonds. The summed E-state index contributed by atoms with van der Waals surface area (Å²) in [6, 6.07) is 7.76. The normalized spacial score (nSPS) is 32.2. The lowest BCUT2D eigenvalue weighted by molar-refractivity contribution is -0.0784. The van der Waals surface area contributed by atoms with Crippen LogP contribution < -0.4 is 10.1 Å². The smallest absolute Gasteiger partial charge is 0.251 e. The summed E-state index contributed by atoms with van der Waals surface area (Å²) >= 11 is 0. The van der Waals surface area contributed by atoms with Crippen LogP contribution in [0.4, 0.5) is 0 Å². The number of hydrogen-bond acceptors (Lipinski definition) is 3. The topological polar surface area (TPSA) is 47.6 Å². The molecule has 1 aliphatic heterocycles. The molecule has 2 saturated carbocycles. The number of amides is 1. The standard InChI is InChI=1S/C20H27NO3/c1-2-23-15-9-5-8-14(12-15)20(22)21-18-16-10-11-24-19(16)17(18)13-6-3-4-7-13/h5,8-9,12-13,16-19H,2-4,6-7,10-11H2,1H3,(H,21,22)/t16-,17+,18-,19-/m1/s1. The molecule has 3 aliphatic rings. The Morgan fingerprint density at radius 2 is 2.12 bits per heavy atom. The molecule has 0 aromatic heterocycles. The Labute approximate surface area is 143 Å². The fourth-order valence-corrected chi connectivity index (χ4v) is 4.99. The van der Waals surface area contributed by atoms with Gasteiger partial charge in [-0.25, -0.2) is 0 Å². The van der Waals surface area contributed by atoms with E-state index in [1.165, 1.54) is 25.7 Å². The van der Waals surface area contributed by atoms with Crippen molar-refractivity contribution >= 4 is 5.91 Å². The number of nitrogens with one attached hydrogen (secondary N) is 1. The molecule has 130 valence electrons. The van der Waals surface area contributed by atoms with Crippen molar-refractivity contribution in [3.05, 3.63) is 29.8 Å². The molecule has 1 aromatic rings. The maximum atomic E-state index is 12.7. The van der Waals surface area contributed by atoms with Gasteiger partial charge in [-0.3, -0.25) is 4.79 Å². The Balaban J connectivity index is 1.46. The molecule has 4 nitrogen and oxygen atoms in total. The van der Waals surface area contributed by atoms with Gasteiger partial charge in [-0.15, -0.1) is 0 Å². The first-order valence-electron chi connectivity index (χ1n) is 9.43. The molecular weight excluding hydrogens is 302 g/mol. The van der Waals surface area contributed by atoms with Gasteiger partial charge in [0, 0.05) is 30.0 Å². The lowest BCUT2D eigenvalue weighted by atomic mass is 9.61. The Kier molecular flexibility index (Phi) is 4.49. The molecule has 4 atom stereocenters. The third kappa shape index (κ3) is 2.81. The predicted octanol–water partition coefficient (Wildman–Crippen LogP) is 3.41. The first kappa shape index (κ1) is 15.9. The Bertz CT molecular complexity index is 592. The van der Waals surface area contributed by atoms with Gasteiger partial charge in [0.05, 0.1) is 12.7 Å². The van der Waals surface area contributed by atoms with Gasteiger partial charge in [0.25, 0.3) is 5.91 Å². The van der Waals surface area contributed by atoms with Crippen LogP contribution in [0.3, 0.4) is 0 Å². The molecular formula is C20H27NO3. The molecule has 1 saturated heterocycles. The molecule has 1 aromatic carbocycles. The van der Waals surface area contributed by atoms with Crippen LogP contribution in [0, 0.1) is 17.8 Å². The molecule has 24 heavy (non-hydrogen) atoms. The quantitative estimate of drug-likeness (QED) is 0.900. The van der Waals surface area contributed by atoms with E-state index in [1.54, 1.807) is 0 Å². The Hall–Kier alpha value is -1.55. The second-order valence-electron chi connectivity index (χ2n) is 7.37. The van der Waals surface area contributed by atoms with Gasteiger partial charge < -0.3 is 14.8 Å². The van der Waals surface area contributed by atoms with Crippen LogP contribution in [0.25, 0.3) is 0 Å². The third-order valence-electron chi connectivity index (χ3n) is 6.09. The maximum absolute atomic E-state index is 12.7. The van der Waals surface area contributed by atoms with E-state index < -0.39 is 0 Å². The molecule has 0 bridgehead atoms. The summed E-state index contributed by atoms with van der Waals surface area (Å²) in [5, 5.41) is 3.33. The van der Waals surface area contributed by atoms with Gasteiger partial charge >= 0.3 is 0 Å². The SMILES string of the molecule is CCOc1cccc(C(=O)N[C@@H]2[C@H]3CCO[C@H]3[C@H]2C2CCCC2)c1. The average molecular weight is 329 g/mol. The van der Waals surface area contributed by atoms with Crippen LogP contribution in [0.15, 0.2) is 24.3 Å².